The number of rotatable bonds is 5. The van der Waals surface area contributed by atoms with Crippen molar-refractivity contribution in [1.29, 1.82) is 0 Å². The first kappa shape index (κ1) is 35.1. The molecule has 1 unspecified atom stereocenters. The number of carbonyl (C=O) groups excluding carboxylic acids is 3. The minimum absolute atomic E-state index is 0.202. The van der Waals surface area contributed by atoms with E-state index in [1.165, 1.54) is 15.8 Å². The van der Waals surface area contributed by atoms with Crippen molar-refractivity contribution in [3.63, 3.8) is 0 Å². The van der Waals surface area contributed by atoms with Crippen LogP contribution in [0.5, 0.6) is 5.75 Å². The molecule has 0 bridgehead atoms. The maximum Gasteiger partial charge on any atom is 0.435 e. The molecular formula is C36H44N6O7. The Morgan fingerprint density at radius 3 is 2.22 bits per heavy atom. The van der Waals surface area contributed by atoms with Crippen LogP contribution in [0.2, 0.25) is 0 Å². The number of amides is 2. The smallest absolute Gasteiger partial charge is 0.435 e. The van der Waals surface area contributed by atoms with Crippen LogP contribution >= 0.6 is 0 Å². The number of fused-ring (bicyclic) bond motifs is 1. The number of nitrogens with zero attached hydrogens (tertiary/aromatic N) is 6. The SMILES string of the molecule is CC(C)(C)OC(=O)N1CCC(Oc2cccc(-c3nccc(N(C(=O)OC(C)(C)C)c4ccc5c(cnn5C(=O)OC(C)(C)C)c4)n3)c2)C1. The standard InChI is InChI=1S/C36H44N6O7/c1-34(2,3)47-31(43)40-18-16-27(22-40)46-26-12-10-11-23(20-26)30-37-17-15-29(39-30)41(32(44)48-35(4,5)6)25-13-14-28-24(19-25)21-38-42(28)33(45)49-36(7,8)9/h10-15,17,19-21,27H,16,18,22H2,1-9H3. The highest BCUT2D eigenvalue weighted by Crippen LogP contribution is 2.32. The van der Waals surface area contributed by atoms with Crippen molar-refractivity contribution in [3.05, 3.63) is 60.9 Å². The summed E-state index contributed by atoms with van der Waals surface area (Å²) in [5.41, 5.74) is -0.433. The van der Waals surface area contributed by atoms with Crippen LogP contribution in [0.4, 0.5) is 25.9 Å². The van der Waals surface area contributed by atoms with E-state index in [9.17, 15) is 14.4 Å². The number of carbonyl (C=O) groups is 3. The monoisotopic (exact) mass is 672 g/mol. The van der Waals surface area contributed by atoms with Crippen molar-refractivity contribution in [2.75, 3.05) is 18.0 Å². The molecule has 1 aliphatic heterocycles. The predicted molar refractivity (Wildman–Crippen MR) is 184 cm³/mol. The Balaban J connectivity index is 1.41. The molecule has 260 valence electrons. The lowest BCUT2D eigenvalue weighted by atomic mass is 10.2. The van der Waals surface area contributed by atoms with Gasteiger partial charge in [-0.1, -0.05) is 12.1 Å². The van der Waals surface area contributed by atoms with E-state index in [0.717, 1.165) is 0 Å². The molecule has 2 aromatic heterocycles. The molecule has 0 saturated carbocycles. The second-order valence-corrected chi connectivity index (χ2v) is 14.8. The third kappa shape index (κ3) is 9.04. The van der Waals surface area contributed by atoms with Crippen molar-refractivity contribution in [3.8, 4) is 17.1 Å². The van der Waals surface area contributed by atoms with Crippen molar-refractivity contribution < 1.29 is 33.3 Å². The Morgan fingerprint density at radius 1 is 0.837 bits per heavy atom. The first-order valence-corrected chi connectivity index (χ1v) is 16.2. The van der Waals surface area contributed by atoms with E-state index in [1.807, 2.05) is 45.0 Å². The van der Waals surface area contributed by atoms with Gasteiger partial charge in [0.25, 0.3) is 0 Å². The van der Waals surface area contributed by atoms with Gasteiger partial charge in [0.15, 0.2) is 5.82 Å². The minimum Gasteiger partial charge on any atom is -0.488 e. The largest absolute Gasteiger partial charge is 0.488 e. The van der Waals surface area contributed by atoms with E-state index in [0.29, 0.717) is 53.2 Å². The zero-order chi connectivity index (χ0) is 35.7. The van der Waals surface area contributed by atoms with E-state index in [4.69, 9.17) is 23.9 Å². The Bertz CT molecular complexity index is 1850. The summed E-state index contributed by atoms with van der Waals surface area (Å²) in [5.74, 6) is 1.23. The van der Waals surface area contributed by atoms with E-state index >= 15 is 0 Å². The molecule has 1 saturated heterocycles. The Labute approximate surface area is 286 Å². The molecule has 2 amide bonds. The fourth-order valence-electron chi connectivity index (χ4n) is 5.08. The van der Waals surface area contributed by atoms with Gasteiger partial charge in [0, 0.05) is 30.1 Å². The molecular weight excluding hydrogens is 628 g/mol. The topological polar surface area (TPSA) is 138 Å². The lowest BCUT2D eigenvalue weighted by Crippen LogP contribution is -2.36. The van der Waals surface area contributed by atoms with Gasteiger partial charge in [-0.25, -0.2) is 29.3 Å². The van der Waals surface area contributed by atoms with Gasteiger partial charge < -0.3 is 23.8 Å². The second kappa shape index (κ2) is 13.4. The number of benzene rings is 2. The number of hydrogen-bond donors (Lipinski definition) is 0. The number of likely N-dealkylation sites (tertiary alicyclic amines) is 1. The van der Waals surface area contributed by atoms with Crippen LogP contribution in [0, 0.1) is 0 Å². The molecule has 2 aromatic carbocycles. The zero-order valence-corrected chi connectivity index (χ0v) is 29.5. The molecule has 0 aliphatic carbocycles. The summed E-state index contributed by atoms with van der Waals surface area (Å²) in [7, 11) is 0. The third-order valence-corrected chi connectivity index (χ3v) is 7.01. The van der Waals surface area contributed by atoms with Gasteiger partial charge in [0.1, 0.15) is 34.5 Å². The predicted octanol–water partition coefficient (Wildman–Crippen LogP) is 7.74. The summed E-state index contributed by atoms with van der Waals surface area (Å²) in [6, 6.07) is 14.1. The number of anilines is 2. The fourth-order valence-corrected chi connectivity index (χ4v) is 5.08. The quantitative estimate of drug-likeness (QED) is 0.194. The summed E-state index contributed by atoms with van der Waals surface area (Å²) in [6.45, 7) is 17.2. The van der Waals surface area contributed by atoms with E-state index in [1.54, 1.807) is 76.9 Å². The summed E-state index contributed by atoms with van der Waals surface area (Å²) >= 11 is 0. The first-order chi connectivity index (χ1) is 22.8. The highest BCUT2D eigenvalue weighted by atomic mass is 16.6. The third-order valence-electron chi connectivity index (χ3n) is 7.01. The number of hydrogen-bond acceptors (Lipinski definition) is 10. The normalized spacial score (nSPS) is 15.2. The summed E-state index contributed by atoms with van der Waals surface area (Å²) in [5, 5.41) is 4.83. The molecule has 1 fully saturated rings. The lowest BCUT2D eigenvalue weighted by molar-refractivity contribution is 0.0275. The van der Waals surface area contributed by atoms with Crippen molar-refractivity contribution in [2.45, 2.75) is 91.6 Å². The number of ether oxygens (including phenoxy) is 4. The number of aromatic nitrogens is 4. The van der Waals surface area contributed by atoms with Crippen molar-refractivity contribution in [2.24, 2.45) is 0 Å². The molecule has 13 nitrogen and oxygen atoms in total. The molecule has 1 aliphatic rings. The molecule has 1 atom stereocenters. The van der Waals surface area contributed by atoms with Crippen LogP contribution in [-0.4, -0.2) is 78.9 Å². The molecule has 13 heteroatoms. The van der Waals surface area contributed by atoms with Crippen LogP contribution in [0.3, 0.4) is 0 Å². The molecule has 0 N–H and O–H groups in total. The van der Waals surface area contributed by atoms with Gasteiger partial charge in [-0.05, 0) is 98.7 Å². The van der Waals surface area contributed by atoms with Crippen LogP contribution in [0.15, 0.2) is 60.9 Å². The Kier molecular flexibility index (Phi) is 9.58. The lowest BCUT2D eigenvalue weighted by Gasteiger charge is -2.27. The molecule has 4 aromatic rings. The Morgan fingerprint density at radius 2 is 1.53 bits per heavy atom. The van der Waals surface area contributed by atoms with Crippen LogP contribution < -0.4 is 9.64 Å². The van der Waals surface area contributed by atoms with Crippen molar-refractivity contribution >= 4 is 40.7 Å². The highest BCUT2D eigenvalue weighted by Gasteiger charge is 2.31. The van der Waals surface area contributed by atoms with Gasteiger partial charge in [-0.15, -0.1) is 0 Å². The molecule has 49 heavy (non-hydrogen) atoms. The highest BCUT2D eigenvalue weighted by molar-refractivity contribution is 5.98. The van der Waals surface area contributed by atoms with Gasteiger partial charge in [0.05, 0.1) is 23.9 Å². The fraction of sp³-hybridized carbons (Fsp3) is 0.444. The van der Waals surface area contributed by atoms with Gasteiger partial charge in [0.2, 0.25) is 0 Å². The molecule has 3 heterocycles. The molecule has 0 radical (unpaired) electrons. The summed E-state index contributed by atoms with van der Waals surface area (Å²) in [6.07, 6.45) is 1.95. The summed E-state index contributed by atoms with van der Waals surface area (Å²) < 4.78 is 24.2. The second-order valence-electron chi connectivity index (χ2n) is 14.8. The van der Waals surface area contributed by atoms with Gasteiger partial charge >= 0.3 is 18.3 Å². The average molecular weight is 673 g/mol. The van der Waals surface area contributed by atoms with Crippen LogP contribution in [0.25, 0.3) is 22.3 Å². The summed E-state index contributed by atoms with van der Waals surface area (Å²) in [4.78, 5) is 51.2. The maximum atomic E-state index is 13.7. The molecule has 0 spiro atoms. The zero-order valence-electron chi connectivity index (χ0n) is 29.5. The van der Waals surface area contributed by atoms with Gasteiger partial charge in [-0.2, -0.15) is 9.78 Å². The maximum absolute atomic E-state index is 13.7. The van der Waals surface area contributed by atoms with Crippen LogP contribution in [0.1, 0.15) is 68.7 Å². The van der Waals surface area contributed by atoms with Crippen LogP contribution in [-0.2, 0) is 14.2 Å². The van der Waals surface area contributed by atoms with Crippen molar-refractivity contribution in [1.82, 2.24) is 24.6 Å². The average Bonchev–Trinajstić information content (AvgIpc) is 3.62. The van der Waals surface area contributed by atoms with E-state index < -0.39 is 29.0 Å². The molecule has 5 rings (SSSR count). The Hall–Kier alpha value is -5.20. The van der Waals surface area contributed by atoms with E-state index in [-0.39, 0.29) is 18.0 Å². The van der Waals surface area contributed by atoms with Gasteiger partial charge in [-0.3, -0.25) is 0 Å². The van der Waals surface area contributed by atoms with E-state index in [2.05, 4.69) is 10.1 Å². The minimum atomic E-state index is -0.790. The first-order valence-electron chi connectivity index (χ1n) is 16.2.